The molecular formula is C15H12F6N2O. The molecule has 2 N–H and O–H groups in total. The highest BCUT2D eigenvalue weighted by Crippen LogP contribution is 2.38. The van der Waals surface area contributed by atoms with Crippen LogP contribution in [0.15, 0.2) is 48.5 Å². The van der Waals surface area contributed by atoms with Crippen molar-refractivity contribution in [1.29, 1.82) is 0 Å². The van der Waals surface area contributed by atoms with Crippen molar-refractivity contribution in [3.63, 3.8) is 0 Å². The molecule has 0 aliphatic heterocycles. The predicted octanol–water partition coefficient (Wildman–Crippen LogP) is 4.72. The van der Waals surface area contributed by atoms with E-state index in [2.05, 4.69) is 15.6 Å². The van der Waals surface area contributed by atoms with E-state index in [1.54, 1.807) is 30.3 Å². The van der Waals surface area contributed by atoms with Crippen LogP contribution in [0.5, 0.6) is 5.75 Å². The Morgan fingerprint density at radius 2 is 1.54 bits per heavy atom. The van der Waals surface area contributed by atoms with Crippen LogP contribution < -0.4 is 15.6 Å². The van der Waals surface area contributed by atoms with Crippen LogP contribution in [0.4, 0.5) is 32.0 Å². The molecule has 130 valence electrons. The van der Waals surface area contributed by atoms with Crippen molar-refractivity contribution < 1.29 is 31.1 Å². The van der Waals surface area contributed by atoms with E-state index in [-0.39, 0.29) is 12.1 Å². The van der Waals surface area contributed by atoms with Crippen molar-refractivity contribution in [2.24, 2.45) is 0 Å². The van der Waals surface area contributed by atoms with Crippen molar-refractivity contribution in [3.8, 4) is 5.75 Å². The zero-order chi connectivity index (χ0) is 17.8. The summed E-state index contributed by atoms with van der Waals surface area (Å²) in [4.78, 5) is 0. The molecule has 0 heterocycles. The van der Waals surface area contributed by atoms with Gasteiger partial charge in [0.2, 0.25) is 0 Å². The van der Waals surface area contributed by atoms with Crippen molar-refractivity contribution in [2.45, 2.75) is 19.1 Å². The molecule has 0 saturated heterocycles. The van der Waals surface area contributed by atoms with Crippen molar-refractivity contribution >= 4 is 5.69 Å². The third-order valence-electron chi connectivity index (χ3n) is 2.87. The minimum atomic E-state index is -5.20. The number of hydrogen-bond acceptors (Lipinski definition) is 3. The Bertz CT molecular complexity index is 670. The minimum absolute atomic E-state index is 0.0374. The Labute approximate surface area is 133 Å². The molecule has 0 fully saturated rings. The molecule has 0 aliphatic rings. The maximum Gasteiger partial charge on any atom is 0.573 e. The molecule has 0 aromatic heterocycles. The smallest absolute Gasteiger partial charge is 0.405 e. The second-order valence-electron chi connectivity index (χ2n) is 4.72. The number of hydrogen-bond donors (Lipinski definition) is 2. The summed E-state index contributed by atoms with van der Waals surface area (Å²) < 4.78 is 78.7. The number of ether oxygens (including phenoxy) is 1. The van der Waals surface area contributed by atoms with E-state index in [0.29, 0.717) is 17.8 Å². The van der Waals surface area contributed by atoms with Gasteiger partial charge in [0.05, 0.1) is 5.56 Å². The lowest BCUT2D eigenvalue weighted by Gasteiger charge is -2.17. The van der Waals surface area contributed by atoms with Crippen LogP contribution in [0.3, 0.4) is 0 Å². The number of alkyl halides is 6. The number of rotatable bonds is 5. The van der Waals surface area contributed by atoms with Crippen LogP contribution in [0, 0.1) is 0 Å². The van der Waals surface area contributed by atoms with Gasteiger partial charge < -0.3 is 10.2 Å². The summed E-state index contributed by atoms with van der Waals surface area (Å²) in [6.07, 6.45) is -10.2. The monoisotopic (exact) mass is 350 g/mol. The first-order valence-electron chi connectivity index (χ1n) is 6.65. The number of benzene rings is 2. The molecule has 0 amide bonds. The third kappa shape index (κ3) is 5.34. The molecule has 0 unspecified atom stereocenters. The third-order valence-corrected chi connectivity index (χ3v) is 2.87. The molecule has 24 heavy (non-hydrogen) atoms. The van der Waals surface area contributed by atoms with Crippen LogP contribution in [-0.4, -0.2) is 6.36 Å². The normalized spacial score (nSPS) is 12.1. The quantitative estimate of drug-likeness (QED) is 0.605. The van der Waals surface area contributed by atoms with Gasteiger partial charge in [0.25, 0.3) is 0 Å². The summed E-state index contributed by atoms with van der Waals surface area (Å²) in [6, 6.07) is 11.2. The maximum absolute atomic E-state index is 12.9. The minimum Gasteiger partial charge on any atom is -0.405 e. The van der Waals surface area contributed by atoms with Gasteiger partial charge in [0.1, 0.15) is 5.75 Å². The van der Waals surface area contributed by atoms with E-state index in [0.717, 1.165) is 6.07 Å². The molecule has 2 rings (SSSR count). The van der Waals surface area contributed by atoms with E-state index in [1.165, 1.54) is 0 Å². The average Bonchev–Trinajstić information content (AvgIpc) is 2.47. The summed E-state index contributed by atoms with van der Waals surface area (Å²) in [5, 5.41) is 0. The first-order chi connectivity index (χ1) is 11.1. The van der Waals surface area contributed by atoms with E-state index in [4.69, 9.17) is 0 Å². The highest BCUT2D eigenvalue weighted by molar-refractivity contribution is 5.42. The number of halogens is 6. The number of para-hydroxylation sites is 1. The van der Waals surface area contributed by atoms with Crippen LogP contribution in [0.25, 0.3) is 0 Å². The first kappa shape index (κ1) is 17.9. The second kappa shape index (κ2) is 7.00. The summed E-state index contributed by atoms with van der Waals surface area (Å²) in [6.45, 7) is -0.0374. The van der Waals surface area contributed by atoms with Crippen molar-refractivity contribution in [1.82, 2.24) is 5.43 Å². The van der Waals surface area contributed by atoms with Crippen molar-refractivity contribution in [2.75, 3.05) is 5.43 Å². The van der Waals surface area contributed by atoms with Gasteiger partial charge >= 0.3 is 12.5 Å². The molecule has 0 spiro atoms. The number of anilines is 1. The molecule has 0 aliphatic carbocycles. The average molecular weight is 350 g/mol. The van der Waals surface area contributed by atoms with Gasteiger partial charge in [-0.15, -0.1) is 13.2 Å². The fourth-order valence-corrected chi connectivity index (χ4v) is 1.89. The lowest BCUT2D eigenvalue weighted by Crippen LogP contribution is -2.22. The summed E-state index contributed by atoms with van der Waals surface area (Å²) in [5.41, 5.74) is 4.78. The standard InChI is InChI=1S/C15H12F6N2O/c16-14(17,18)12-8-10(6-7-13(12)24-15(19,20)21)9-22-23-11-4-2-1-3-5-11/h1-8,22-23H,9H2. The van der Waals surface area contributed by atoms with Crippen LogP contribution in [0.1, 0.15) is 11.1 Å². The van der Waals surface area contributed by atoms with Gasteiger partial charge in [-0.25, -0.2) is 5.43 Å². The van der Waals surface area contributed by atoms with Gasteiger partial charge in [-0.05, 0) is 29.8 Å². The summed E-state index contributed by atoms with van der Waals surface area (Å²) in [5.74, 6) is -1.28. The molecule has 3 nitrogen and oxygen atoms in total. The van der Waals surface area contributed by atoms with Crippen LogP contribution in [0.2, 0.25) is 0 Å². The Morgan fingerprint density at radius 1 is 0.875 bits per heavy atom. The summed E-state index contributed by atoms with van der Waals surface area (Å²) in [7, 11) is 0. The van der Waals surface area contributed by atoms with Crippen LogP contribution in [-0.2, 0) is 12.7 Å². The maximum atomic E-state index is 12.9. The Balaban J connectivity index is 2.11. The lowest BCUT2D eigenvalue weighted by molar-refractivity contribution is -0.276. The topological polar surface area (TPSA) is 33.3 Å². The molecule has 2 aromatic carbocycles. The Hall–Kier alpha value is -2.42. The highest BCUT2D eigenvalue weighted by Gasteiger charge is 2.39. The van der Waals surface area contributed by atoms with Gasteiger partial charge in [0.15, 0.2) is 0 Å². The lowest BCUT2D eigenvalue weighted by atomic mass is 10.1. The Morgan fingerprint density at radius 3 is 2.12 bits per heavy atom. The molecule has 9 heteroatoms. The number of hydrazine groups is 1. The van der Waals surface area contributed by atoms with Crippen molar-refractivity contribution in [3.05, 3.63) is 59.7 Å². The number of nitrogens with one attached hydrogen (secondary N) is 2. The van der Waals surface area contributed by atoms with E-state index in [1.807, 2.05) is 0 Å². The van der Waals surface area contributed by atoms with Gasteiger partial charge in [-0.2, -0.15) is 13.2 Å². The summed E-state index contributed by atoms with van der Waals surface area (Å²) >= 11 is 0. The highest BCUT2D eigenvalue weighted by atomic mass is 19.4. The Kier molecular flexibility index (Phi) is 5.23. The second-order valence-corrected chi connectivity index (χ2v) is 4.72. The molecule has 0 saturated carbocycles. The van der Waals surface area contributed by atoms with E-state index < -0.39 is 23.9 Å². The molecule has 0 atom stereocenters. The van der Waals surface area contributed by atoms with Gasteiger partial charge in [-0.3, -0.25) is 0 Å². The molecular weight excluding hydrogens is 338 g/mol. The molecule has 0 bridgehead atoms. The zero-order valence-corrected chi connectivity index (χ0v) is 12.0. The van der Waals surface area contributed by atoms with Crippen LogP contribution >= 0.6 is 0 Å². The van der Waals surface area contributed by atoms with E-state index >= 15 is 0 Å². The predicted molar refractivity (Wildman–Crippen MR) is 75.0 cm³/mol. The van der Waals surface area contributed by atoms with Gasteiger partial charge in [0, 0.05) is 12.2 Å². The van der Waals surface area contributed by atoms with Gasteiger partial charge in [-0.1, -0.05) is 24.3 Å². The SMILES string of the molecule is FC(F)(F)Oc1ccc(CNNc2ccccc2)cc1C(F)(F)F. The zero-order valence-electron chi connectivity index (χ0n) is 12.0. The van der Waals surface area contributed by atoms with E-state index in [9.17, 15) is 26.3 Å². The fourth-order valence-electron chi connectivity index (χ4n) is 1.89. The molecule has 0 radical (unpaired) electrons. The first-order valence-corrected chi connectivity index (χ1v) is 6.65. The largest absolute Gasteiger partial charge is 0.573 e. The fraction of sp³-hybridized carbons (Fsp3) is 0.200. The molecule has 2 aromatic rings.